The van der Waals surface area contributed by atoms with E-state index in [9.17, 15) is 4.11 Å². The molecule has 0 aliphatic carbocycles. The Morgan fingerprint density at radius 2 is 0.878 bits per heavy atom. The van der Waals surface area contributed by atoms with Crippen LogP contribution in [0.15, 0.2) is 186 Å². The Kier molecular flexibility index (Phi) is 5.38. The molecule has 0 fully saturated rings. The van der Waals surface area contributed by atoms with Crippen LogP contribution in [0.25, 0.3) is 98.8 Å². The Balaban J connectivity index is 1.26. The minimum Gasteiger partial charge on any atom is -0.455 e. The molecule has 0 aliphatic rings. The molecule has 1 aromatic heterocycles. The minimum atomic E-state index is -0.226. The van der Waals surface area contributed by atoms with E-state index in [4.69, 9.17) is 5.79 Å². The highest BCUT2D eigenvalue weighted by Gasteiger charge is 2.19. The van der Waals surface area contributed by atoms with Gasteiger partial charge in [-0.25, -0.2) is 0 Å². The van der Waals surface area contributed by atoms with E-state index in [-0.39, 0.29) is 29.7 Å². The molecule has 10 aromatic rings. The molecule has 0 saturated carbocycles. The van der Waals surface area contributed by atoms with Gasteiger partial charge in [-0.05, 0) is 77.8 Å². The lowest BCUT2D eigenvalue weighted by Crippen LogP contribution is -1.91. The first-order chi connectivity index (χ1) is 26.0. The first-order valence-electron chi connectivity index (χ1n) is 18.5. The zero-order valence-corrected chi connectivity index (χ0v) is 26.4. The lowest BCUT2D eigenvalue weighted by Gasteiger charge is -2.18. The fourth-order valence-corrected chi connectivity index (χ4v) is 7.52. The normalized spacial score (nSPS) is 12.8. The van der Waals surface area contributed by atoms with E-state index in [0.29, 0.717) is 16.7 Å². The summed E-state index contributed by atoms with van der Waals surface area (Å²) in [7, 11) is 0. The predicted molar refractivity (Wildman–Crippen MR) is 208 cm³/mol. The fraction of sp³-hybridized carbons (Fsp3) is 0. The topological polar surface area (TPSA) is 13.1 Å². The van der Waals surface area contributed by atoms with Crippen LogP contribution in [-0.4, -0.2) is 0 Å². The van der Waals surface area contributed by atoms with Crippen LogP contribution in [0.1, 0.15) is 5.48 Å². The number of fused-ring (bicyclic) bond motifs is 6. The first-order valence-corrected chi connectivity index (χ1v) is 16.5. The third-order valence-electron chi connectivity index (χ3n) is 9.72. The van der Waals surface area contributed by atoms with Crippen molar-refractivity contribution in [3.8, 4) is 44.5 Å². The van der Waals surface area contributed by atoms with Gasteiger partial charge in [0.2, 0.25) is 0 Å². The van der Waals surface area contributed by atoms with Gasteiger partial charge >= 0.3 is 0 Å². The van der Waals surface area contributed by atoms with Gasteiger partial charge in [-0.15, -0.1) is 0 Å². The van der Waals surface area contributed by atoms with Gasteiger partial charge in [0.25, 0.3) is 0 Å². The van der Waals surface area contributed by atoms with Crippen LogP contribution in [-0.2, 0) is 0 Å². The van der Waals surface area contributed by atoms with E-state index in [2.05, 4.69) is 60.7 Å². The van der Waals surface area contributed by atoms with Crippen LogP contribution in [0.5, 0.6) is 0 Å². The van der Waals surface area contributed by atoms with Crippen molar-refractivity contribution in [3.05, 3.63) is 182 Å². The third-order valence-corrected chi connectivity index (χ3v) is 9.72. The molecule has 0 N–H and O–H groups in total. The summed E-state index contributed by atoms with van der Waals surface area (Å²) in [4.78, 5) is 0. The molecule has 0 spiro atoms. The Labute approximate surface area is 289 Å². The van der Waals surface area contributed by atoms with Gasteiger partial charge in [0, 0.05) is 21.9 Å². The maximum atomic E-state index is 9.87. The van der Waals surface area contributed by atoms with Crippen LogP contribution in [0, 0.1) is 0 Å². The Morgan fingerprint density at radius 3 is 1.53 bits per heavy atom. The van der Waals surface area contributed by atoms with Crippen molar-refractivity contribution < 1.29 is 9.90 Å². The van der Waals surface area contributed by atoms with Crippen molar-refractivity contribution in [2.24, 2.45) is 0 Å². The Bertz CT molecular complexity index is 3050. The van der Waals surface area contributed by atoms with Crippen molar-refractivity contribution in [2.75, 3.05) is 0 Å². The lowest BCUT2D eigenvalue weighted by atomic mass is 9.85. The smallest absolute Gasteiger partial charge is 0.143 e. The molecular formula is C48H30O. The molecule has 0 saturated heterocycles. The van der Waals surface area contributed by atoms with E-state index in [1.807, 2.05) is 97.1 Å². The number of benzene rings is 9. The van der Waals surface area contributed by atoms with Gasteiger partial charge in [0.05, 0.1) is 5.48 Å². The zero-order chi connectivity index (χ0) is 35.8. The summed E-state index contributed by atoms with van der Waals surface area (Å²) in [5.74, 6) is 0. The summed E-state index contributed by atoms with van der Waals surface area (Å²) in [5.41, 5.74) is 7.30. The second kappa shape index (κ2) is 11.1. The molecule has 1 nitrogen and oxygen atoms in total. The van der Waals surface area contributed by atoms with Crippen LogP contribution in [0.2, 0.25) is 0 Å². The van der Waals surface area contributed by atoms with Crippen molar-refractivity contribution in [1.29, 1.82) is 0 Å². The monoisotopic (exact) mass is 626 g/mol. The summed E-state index contributed by atoms with van der Waals surface area (Å²) in [5, 5.41) is 7.86. The third kappa shape index (κ3) is 4.40. The number of rotatable bonds is 4. The van der Waals surface area contributed by atoms with E-state index >= 15 is 0 Å². The van der Waals surface area contributed by atoms with E-state index < -0.39 is 0 Å². The molecule has 228 valence electrons. The summed E-state index contributed by atoms with van der Waals surface area (Å²) in [6.45, 7) is 0. The van der Waals surface area contributed by atoms with Crippen molar-refractivity contribution in [2.45, 2.75) is 0 Å². The van der Waals surface area contributed by atoms with E-state index in [0.717, 1.165) is 76.5 Å². The van der Waals surface area contributed by atoms with E-state index in [1.54, 1.807) is 0 Å². The molecule has 0 aliphatic heterocycles. The molecule has 49 heavy (non-hydrogen) atoms. The van der Waals surface area contributed by atoms with Gasteiger partial charge < -0.3 is 4.42 Å². The summed E-state index contributed by atoms with van der Waals surface area (Å²) in [6.07, 6.45) is 0. The van der Waals surface area contributed by atoms with Crippen LogP contribution in [0.3, 0.4) is 0 Å². The predicted octanol–water partition coefficient (Wildman–Crippen LogP) is 13.7. The van der Waals surface area contributed by atoms with Gasteiger partial charge in [-0.3, -0.25) is 0 Å². The van der Waals surface area contributed by atoms with E-state index in [1.165, 1.54) is 0 Å². The molecule has 0 atom stereocenters. The highest BCUT2D eigenvalue weighted by atomic mass is 16.3. The van der Waals surface area contributed by atoms with Crippen molar-refractivity contribution >= 4 is 54.3 Å². The molecule has 0 bridgehead atoms. The van der Waals surface area contributed by atoms with Crippen LogP contribution in [0.4, 0.5) is 0 Å². The van der Waals surface area contributed by atoms with Crippen LogP contribution >= 0.6 is 0 Å². The highest BCUT2D eigenvalue weighted by molar-refractivity contribution is 6.21. The van der Waals surface area contributed by atoms with Gasteiger partial charge in [-0.1, -0.05) is 170 Å². The Hall–Kier alpha value is -6.44. The molecule has 1 heterocycles. The van der Waals surface area contributed by atoms with Gasteiger partial charge in [0.1, 0.15) is 11.2 Å². The molecule has 0 unspecified atom stereocenters. The second-order valence-electron chi connectivity index (χ2n) is 12.5. The minimum absolute atomic E-state index is 0.0291. The maximum absolute atomic E-state index is 9.87. The average molecular weight is 627 g/mol. The first kappa shape index (κ1) is 23.8. The Morgan fingerprint density at radius 1 is 0.367 bits per heavy atom. The van der Waals surface area contributed by atoms with Gasteiger partial charge in [-0.2, -0.15) is 0 Å². The lowest BCUT2D eigenvalue weighted by molar-refractivity contribution is 0.671. The van der Waals surface area contributed by atoms with Crippen molar-refractivity contribution in [1.82, 2.24) is 0 Å². The average Bonchev–Trinajstić information content (AvgIpc) is 3.60. The standard InChI is InChI=1S/C48H30O/c1-2-14-32(15-3-1)45-39-19-6-8-21-41(39)46(42-22-9-7-20-40(42)45)36-18-10-17-34(30-36)37-23-11-25-43-44-26-12-24-38(48(44)49-47(37)43)35-28-27-31-13-4-5-16-33(31)29-35/h1-30H/i10D,17D,18D,30D. The van der Waals surface area contributed by atoms with Crippen molar-refractivity contribution in [3.63, 3.8) is 0 Å². The summed E-state index contributed by atoms with van der Waals surface area (Å²) < 4.78 is 44.4. The largest absolute Gasteiger partial charge is 0.455 e. The maximum Gasteiger partial charge on any atom is 0.143 e. The SMILES string of the molecule is [2H]c1c([2H])c(-c2c3ccccc3c(-c3ccccc3)c3ccccc23)c([2H])c(-c2cccc3c2oc2c(-c4ccc5ccccc5c4)cccc23)c1[2H]. The molecule has 0 amide bonds. The number of hydrogen-bond acceptors (Lipinski definition) is 1. The molecule has 9 aromatic carbocycles. The molecule has 1 heteroatoms. The fourth-order valence-electron chi connectivity index (χ4n) is 7.52. The summed E-state index contributed by atoms with van der Waals surface area (Å²) in [6, 6.07) is 52.6. The quantitative estimate of drug-likeness (QED) is 0.177. The molecule has 10 rings (SSSR count). The molecular weight excluding hydrogens is 593 g/mol. The van der Waals surface area contributed by atoms with Crippen LogP contribution < -0.4 is 0 Å². The zero-order valence-electron chi connectivity index (χ0n) is 30.4. The summed E-state index contributed by atoms with van der Waals surface area (Å²) >= 11 is 0. The second-order valence-corrected chi connectivity index (χ2v) is 12.5. The molecule has 0 radical (unpaired) electrons. The highest BCUT2D eigenvalue weighted by Crippen LogP contribution is 2.45. The number of hydrogen-bond donors (Lipinski definition) is 0. The number of furan rings is 1. The number of para-hydroxylation sites is 2. The van der Waals surface area contributed by atoms with Gasteiger partial charge in [0.15, 0.2) is 0 Å².